The molecule has 2 N–H and O–H groups in total. The van der Waals surface area contributed by atoms with Gasteiger partial charge in [-0.1, -0.05) is 0 Å². The van der Waals surface area contributed by atoms with Crippen LogP contribution in [0, 0.1) is 0 Å². The van der Waals surface area contributed by atoms with E-state index in [1.54, 1.807) is 22.7 Å². The zero-order chi connectivity index (χ0) is 13.2. The number of hydrogen-bond acceptors (Lipinski definition) is 4. The quantitative estimate of drug-likeness (QED) is 0.864. The molecule has 0 bridgehead atoms. The Bertz CT molecular complexity index is 498. The molecule has 102 valence electrons. The van der Waals surface area contributed by atoms with Crippen LogP contribution in [0.2, 0.25) is 0 Å². The number of rotatable bonds is 5. The summed E-state index contributed by atoms with van der Waals surface area (Å²) < 4.78 is 27.6. The summed E-state index contributed by atoms with van der Waals surface area (Å²) in [6.45, 7) is 2.05. The number of nitrogens with two attached hydrogens (primary N) is 1. The van der Waals surface area contributed by atoms with Crippen LogP contribution in [-0.4, -0.2) is 43.7 Å². The van der Waals surface area contributed by atoms with Crippen molar-refractivity contribution in [2.24, 2.45) is 5.73 Å². The highest BCUT2D eigenvalue weighted by atomic mass is 32.2. The first kappa shape index (κ1) is 14.0. The number of hydrogen-bond donors (Lipinski definition) is 1. The molecule has 0 spiro atoms. The molecule has 0 aliphatic carbocycles. The Morgan fingerprint density at radius 1 is 1.56 bits per heavy atom. The van der Waals surface area contributed by atoms with E-state index < -0.39 is 10.2 Å². The van der Waals surface area contributed by atoms with Gasteiger partial charge in [0.15, 0.2) is 0 Å². The summed E-state index contributed by atoms with van der Waals surface area (Å²) in [5.74, 6) is 0. The van der Waals surface area contributed by atoms with Crippen molar-refractivity contribution in [2.75, 3.05) is 26.7 Å². The topological polar surface area (TPSA) is 66.6 Å². The highest BCUT2D eigenvalue weighted by molar-refractivity contribution is 7.86. The highest BCUT2D eigenvalue weighted by Crippen LogP contribution is 2.26. The average molecular weight is 289 g/mol. The minimum Gasteiger partial charge on any atom is -0.330 e. The van der Waals surface area contributed by atoms with Gasteiger partial charge < -0.3 is 5.73 Å². The molecule has 18 heavy (non-hydrogen) atoms. The van der Waals surface area contributed by atoms with Crippen LogP contribution in [0.25, 0.3) is 0 Å². The first-order chi connectivity index (χ1) is 8.55. The lowest BCUT2D eigenvalue weighted by Gasteiger charge is -2.30. The van der Waals surface area contributed by atoms with E-state index in [1.807, 2.05) is 11.4 Å². The van der Waals surface area contributed by atoms with E-state index in [0.29, 0.717) is 32.6 Å². The van der Waals surface area contributed by atoms with E-state index in [1.165, 1.54) is 9.18 Å². The van der Waals surface area contributed by atoms with Crippen molar-refractivity contribution in [1.82, 2.24) is 8.61 Å². The van der Waals surface area contributed by atoms with Crippen LogP contribution in [0.15, 0.2) is 11.4 Å². The van der Waals surface area contributed by atoms with E-state index in [4.69, 9.17) is 5.73 Å². The van der Waals surface area contributed by atoms with Gasteiger partial charge in [0.1, 0.15) is 0 Å². The minimum absolute atomic E-state index is 0.478. The van der Waals surface area contributed by atoms with Gasteiger partial charge >= 0.3 is 0 Å². The summed E-state index contributed by atoms with van der Waals surface area (Å²) in [6.07, 6.45) is 1.50. The van der Waals surface area contributed by atoms with Gasteiger partial charge in [-0.2, -0.15) is 17.0 Å². The molecule has 0 atom stereocenters. The van der Waals surface area contributed by atoms with Crippen molar-refractivity contribution in [1.29, 1.82) is 0 Å². The van der Waals surface area contributed by atoms with Crippen LogP contribution in [0.3, 0.4) is 0 Å². The van der Waals surface area contributed by atoms with Crippen LogP contribution in [0.1, 0.15) is 16.9 Å². The van der Waals surface area contributed by atoms with E-state index >= 15 is 0 Å². The van der Waals surface area contributed by atoms with E-state index in [-0.39, 0.29) is 0 Å². The Kier molecular flexibility index (Phi) is 4.39. The van der Waals surface area contributed by atoms with Crippen molar-refractivity contribution in [3.8, 4) is 0 Å². The molecule has 2 rings (SSSR count). The third-order valence-corrected chi connectivity index (χ3v) is 6.13. The fraction of sp³-hybridized carbons (Fsp3) is 0.636. The Morgan fingerprint density at radius 2 is 2.33 bits per heavy atom. The molecule has 0 unspecified atom stereocenters. The van der Waals surface area contributed by atoms with Crippen LogP contribution in [-0.2, 0) is 23.2 Å². The lowest BCUT2D eigenvalue weighted by Crippen LogP contribution is -2.44. The molecule has 1 aromatic rings. The van der Waals surface area contributed by atoms with Gasteiger partial charge in [-0.25, -0.2) is 0 Å². The van der Waals surface area contributed by atoms with Crippen LogP contribution >= 0.6 is 11.3 Å². The van der Waals surface area contributed by atoms with Gasteiger partial charge in [-0.05, 0) is 36.4 Å². The zero-order valence-corrected chi connectivity index (χ0v) is 12.1. The van der Waals surface area contributed by atoms with Gasteiger partial charge in [0.25, 0.3) is 10.2 Å². The smallest absolute Gasteiger partial charge is 0.282 e. The van der Waals surface area contributed by atoms with Crippen molar-refractivity contribution in [3.05, 3.63) is 21.9 Å². The molecule has 0 radical (unpaired) electrons. The maximum absolute atomic E-state index is 12.3. The lowest BCUT2D eigenvalue weighted by atomic mass is 10.1. The lowest BCUT2D eigenvalue weighted by molar-refractivity contribution is 0.345. The fourth-order valence-electron chi connectivity index (χ4n) is 2.05. The molecule has 0 amide bonds. The largest absolute Gasteiger partial charge is 0.330 e. The van der Waals surface area contributed by atoms with Crippen molar-refractivity contribution in [3.63, 3.8) is 0 Å². The molecular formula is C11H19N3O2S2. The molecule has 1 aliphatic heterocycles. The Balaban J connectivity index is 2.08. The molecular weight excluding hydrogens is 270 g/mol. The van der Waals surface area contributed by atoms with Crippen molar-refractivity contribution < 1.29 is 8.42 Å². The molecule has 0 aromatic carbocycles. The third-order valence-electron chi connectivity index (χ3n) is 3.17. The number of fused-ring (bicyclic) bond motifs is 1. The Hall–Kier alpha value is -0.470. The molecule has 1 aliphatic rings. The molecule has 0 saturated carbocycles. The maximum atomic E-state index is 12.3. The molecule has 2 heterocycles. The van der Waals surface area contributed by atoms with E-state index in [9.17, 15) is 8.42 Å². The first-order valence-corrected chi connectivity index (χ1v) is 8.30. The summed E-state index contributed by atoms with van der Waals surface area (Å²) in [4.78, 5) is 1.31. The van der Waals surface area contributed by atoms with Gasteiger partial charge in [0.05, 0.1) is 0 Å². The molecule has 0 saturated heterocycles. The van der Waals surface area contributed by atoms with Gasteiger partial charge in [0.2, 0.25) is 0 Å². The van der Waals surface area contributed by atoms with Crippen molar-refractivity contribution in [2.45, 2.75) is 19.4 Å². The molecule has 0 fully saturated rings. The number of thiophene rings is 1. The second-order valence-electron chi connectivity index (χ2n) is 4.42. The van der Waals surface area contributed by atoms with E-state index in [2.05, 4.69) is 0 Å². The summed E-state index contributed by atoms with van der Waals surface area (Å²) in [5, 5.41) is 2.03. The summed E-state index contributed by atoms with van der Waals surface area (Å²) >= 11 is 1.71. The maximum Gasteiger partial charge on any atom is 0.282 e. The normalized spacial score (nSPS) is 17.1. The summed E-state index contributed by atoms with van der Waals surface area (Å²) in [6, 6.07) is 2.02. The van der Waals surface area contributed by atoms with Crippen LogP contribution in [0.5, 0.6) is 0 Å². The van der Waals surface area contributed by atoms with Crippen LogP contribution < -0.4 is 5.73 Å². The fourth-order valence-corrected chi connectivity index (χ4v) is 4.31. The Labute approximate surface area is 112 Å². The van der Waals surface area contributed by atoms with Crippen LogP contribution in [0.4, 0.5) is 0 Å². The highest BCUT2D eigenvalue weighted by Gasteiger charge is 2.30. The van der Waals surface area contributed by atoms with Gasteiger partial charge in [-0.3, -0.25) is 0 Å². The summed E-state index contributed by atoms with van der Waals surface area (Å²) in [5.41, 5.74) is 6.55. The Morgan fingerprint density at radius 3 is 3.06 bits per heavy atom. The van der Waals surface area contributed by atoms with Gasteiger partial charge in [0, 0.05) is 31.6 Å². The van der Waals surface area contributed by atoms with E-state index in [0.717, 1.165) is 12.0 Å². The number of nitrogens with zero attached hydrogens (tertiary/aromatic N) is 2. The standard InChI is InChI=1S/C11H19N3O2S2/c1-13(6-2-5-12)18(15,16)14-7-3-11-10(9-14)4-8-17-11/h4,8H,2-3,5-7,9,12H2,1H3. The zero-order valence-electron chi connectivity index (χ0n) is 10.5. The first-order valence-electron chi connectivity index (χ1n) is 6.02. The monoisotopic (exact) mass is 289 g/mol. The van der Waals surface area contributed by atoms with Crippen molar-refractivity contribution >= 4 is 21.5 Å². The second kappa shape index (κ2) is 5.66. The second-order valence-corrected chi connectivity index (χ2v) is 7.46. The predicted octanol–water partition coefficient (Wildman–Crippen LogP) is 0.632. The average Bonchev–Trinajstić information content (AvgIpc) is 2.82. The molecule has 1 aromatic heterocycles. The minimum atomic E-state index is -3.34. The van der Waals surface area contributed by atoms with Gasteiger partial charge in [-0.15, -0.1) is 11.3 Å². The molecule has 5 nitrogen and oxygen atoms in total. The third kappa shape index (κ3) is 2.75. The molecule has 7 heteroatoms. The summed E-state index contributed by atoms with van der Waals surface area (Å²) in [7, 11) is -1.72. The predicted molar refractivity (Wildman–Crippen MR) is 73.7 cm³/mol. The SMILES string of the molecule is CN(CCCN)S(=O)(=O)N1CCc2sccc2C1.